The van der Waals surface area contributed by atoms with Gasteiger partial charge in [-0.1, -0.05) is 19.4 Å². The van der Waals surface area contributed by atoms with Crippen LogP contribution in [0.5, 0.6) is 0 Å². The Labute approximate surface area is 73.3 Å². The molecule has 0 aliphatic rings. The summed E-state index contributed by atoms with van der Waals surface area (Å²) in [5, 5.41) is 0. The van der Waals surface area contributed by atoms with Crippen molar-refractivity contribution in [2.24, 2.45) is 0 Å². The number of nitrogens with zero attached hydrogens (tertiary/aromatic N) is 1. The molecule has 0 spiro atoms. The van der Waals surface area contributed by atoms with Crippen molar-refractivity contribution in [2.75, 3.05) is 19.3 Å². The van der Waals surface area contributed by atoms with Crippen molar-refractivity contribution in [1.82, 2.24) is 4.90 Å². The molecule has 0 radical (unpaired) electrons. The molecule has 0 heterocycles. The summed E-state index contributed by atoms with van der Waals surface area (Å²) in [5.74, 6) is 0. The maximum Gasteiger partial charge on any atom is 0.0611 e. The molecular formula is C9H21NSi. The van der Waals surface area contributed by atoms with Crippen LogP contribution < -0.4 is 0 Å². The van der Waals surface area contributed by atoms with E-state index in [1.54, 1.807) is 0 Å². The molecule has 11 heavy (non-hydrogen) atoms. The normalized spacial score (nSPS) is 11.4. The molecule has 0 amide bonds. The van der Waals surface area contributed by atoms with E-state index in [0.29, 0.717) is 0 Å². The minimum absolute atomic E-state index is 0.0583. The van der Waals surface area contributed by atoms with E-state index in [2.05, 4.69) is 38.3 Å². The van der Waals surface area contributed by atoms with Gasteiger partial charge in [0.25, 0.3) is 0 Å². The van der Waals surface area contributed by atoms with Gasteiger partial charge in [-0.15, -0.1) is 5.70 Å². The van der Waals surface area contributed by atoms with Crippen LogP contribution in [0.1, 0.15) is 27.7 Å². The lowest BCUT2D eigenvalue weighted by Crippen LogP contribution is -2.27. The molecule has 0 aromatic rings. The topological polar surface area (TPSA) is 3.24 Å². The molecule has 1 nitrogen and oxygen atoms in total. The van der Waals surface area contributed by atoms with Crippen molar-refractivity contribution in [3.05, 3.63) is 11.3 Å². The van der Waals surface area contributed by atoms with Crippen LogP contribution in [0, 0.1) is 0 Å². The van der Waals surface area contributed by atoms with Crippen molar-refractivity contribution in [1.29, 1.82) is 0 Å². The summed E-state index contributed by atoms with van der Waals surface area (Å²) in [6, 6.07) is 0. The van der Waals surface area contributed by atoms with E-state index < -0.39 is 0 Å². The highest BCUT2D eigenvalue weighted by atomic mass is 28.2. The summed E-state index contributed by atoms with van der Waals surface area (Å²) in [6.07, 6.45) is 1.35. The standard InChI is InChI=1S/C9H21NSi/c1-5-10(6-2)8-11-7-9(3)4/h7H,5-6,8,11H2,1-4H3. The van der Waals surface area contributed by atoms with Gasteiger partial charge in [-0.25, -0.2) is 0 Å². The average Bonchev–Trinajstić information content (AvgIpc) is 1.98. The highest BCUT2D eigenvalue weighted by molar-refractivity contribution is 6.42. The summed E-state index contributed by atoms with van der Waals surface area (Å²) in [7, 11) is 0.0583. The zero-order valence-electron chi connectivity index (χ0n) is 8.35. The van der Waals surface area contributed by atoms with E-state index in [4.69, 9.17) is 0 Å². The van der Waals surface area contributed by atoms with Gasteiger partial charge in [0.2, 0.25) is 0 Å². The van der Waals surface area contributed by atoms with Crippen LogP contribution in [-0.4, -0.2) is 33.7 Å². The fourth-order valence-corrected chi connectivity index (χ4v) is 2.78. The third kappa shape index (κ3) is 6.32. The van der Waals surface area contributed by atoms with Crippen LogP contribution in [0.3, 0.4) is 0 Å². The lowest BCUT2D eigenvalue weighted by Gasteiger charge is -2.16. The van der Waals surface area contributed by atoms with Gasteiger partial charge in [-0.3, -0.25) is 0 Å². The van der Waals surface area contributed by atoms with E-state index in [1.165, 1.54) is 24.8 Å². The maximum absolute atomic E-state index is 2.51. The zero-order valence-corrected chi connectivity index (χ0v) is 9.77. The smallest absolute Gasteiger partial charge is 0.0611 e. The lowest BCUT2D eigenvalue weighted by molar-refractivity contribution is 0.353. The van der Waals surface area contributed by atoms with Crippen LogP contribution in [-0.2, 0) is 0 Å². The van der Waals surface area contributed by atoms with E-state index in [0.717, 1.165) is 0 Å². The third-order valence-electron chi connectivity index (χ3n) is 1.89. The van der Waals surface area contributed by atoms with E-state index >= 15 is 0 Å². The van der Waals surface area contributed by atoms with Gasteiger partial charge in [0.15, 0.2) is 0 Å². The average molecular weight is 171 g/mol. The first-order valence-corrected chi connectivity index (χ1v) is 6.38. The number of hydrogen-bond donors (Lipinski definition) is 0. The largest absolute Gasteiger partial charge is 0.307 e. The molecule has 0 N–H and O–H groups in total. The van der Waals surface area contributed by atoms with Crippen molar-refractivity contribution in [3.63, 3.8) is 0 Å². The molecule has 0 aromatic carbocycles. The highest BCUT2D eigenvalue weighted by Gasteiger charge is 1.95. The second-order valence-electron chi connectivity index (χ2n) is 3.10. The van der Waals surface area contributed by atoms with Gasteiger partial charge in [0.05, 0.1) is 9.52 Å². The molecule has 66 valence electrons. The van der Waals surface area contributed by atoms with E-state index in [1.807, 2.05) is 0 Å². The molecule has 0 rings (SSSR count). The van der Waals surface area contributed by atoms with Gasteiger partial charge in [0, 0.05) is 0 Å². The van der Waals surface area contributed by atoms with Gasteiger partial charge < -0.3 is 4.90 Å². The maximum atomic E-state index is 2.51. The Morgan fingerprint density at radius 2 is 1.82 bits per heavy atom. The summed E-state index contributed by atoms with van der Waals surface area (Å²) in [4.78, 5) is 2.51. The first-order chi connectivity index (χ1) is 5.20. The fraction of sp³-hybridized carbons (Fsp3) is 0.778. The van der Waals surface area contributed by atoms with E-state index in [9.17, 15) is 0 Å². The van der Waals surface area contributed by atoms with Crippen LogP contribution >= 0.6 is 0 Å². The van der Waals surface area contributed by atoms with Gasteiger partial charge in [0.1, 0.15) is 0 Å². The Hall–Kier alpha value is -0.0831. The molecule has 0 saturated carbocycles. The van der Waals surface area contributed by atoms with E-state index in [-0.39, 0.29) is 9.52 Å². The Morgan fingerprint density at radius 3 is 2.18 bits per heavy atom. The molecule has 0 saturated heterocycles. The minimum Gasteiger partial charge on any atom is -0.307 e. The molecule has 0 unspecified atom stereocenters. The first-order valence-electron chi connectivity index (χ1n) is 4.56. The van der Waals surface area contributed by atoms with Crippen LogP contribution in [0.2, 0.25) is 0 Å². The Kier molecular flexibility index (Phi) is 6.57. The molecule has 0 fully saturated rings. The highest BCUT2D eigenvalue weighted by Crippen LogP contribution is 1.89. The second kappa shape index (κ2) is 6.62. The quantitative estimate of drug-likeness (QED) is 0.565. The molecule has 0 aliphatic heterocycles. The lowest BCUT2D eigenvalue weighted by atomic mass is 10.4. The molecule has 0 aliphatic carbocycles. The second-order valence-corrected chi connectivity index (χ2v) is 4.53. The van der Waals surface area contributed by atoms with Gasteiger partial charge in [-0.05, 0) is 33.1 Å². The molecular weight excluding hydrogens is 150 g/mol. The molecule has 0 atom stereocenters. The monoisotopic (exact) mass is 171 g/mol. The van der Waals surface area contributed by atoms with Gasteiger partial charge >= 0.3 is 0 Å². The van der Waals surface area contributed by atoms with Crippen molar-refractivity contribution in [3.8, 4) is 0 Å². The van der Waals surface area contributed by atoms with Crippen LogP contribution in [0.15, 0.2) is 11.3 Å². The zero-order chi connectivity index (χ0) is 8.69. The van der Waals surface area contributed by atoms with Crippen molar-refractivity contribution in [2.45, 2.75) is 27.7 Å². The third-order valence-corrected chi connectivity index (χ3v) is 3.89. The molecule has 0 aromatic heterocycles. The summed E-state index contributed by atoms with van der Waals surface area (Å²) < 4.78 is 0. The Bertz CT molecular complexity index is 113. The van der Waals surface area contributed by atoms with Crippen LogP contribution in [0.4, 0.5) is 0 Å². The minimum atomic E-state index is 0.0583. The summed E-state index contributed by atoms with van der Waals surface area (Å²) in [6.45, 7) is 11.3. The fourth-order valence-electron chi connectivity index (χ4n) is 1.08. The number of hydrogen-bond acceptors (Lipinski definition) is 1. The summed E-state index contributed by atoms with van der Waals surface area (Å²) >= 11 is 0. The molecule has 2 heteroatoms. The number of rotatable bonds is 5. The SMILES string of the molecule is CCN(CC)C[SiH2]C=C(C)C. The van der Waals surface area contributed by atoms with Crippen LogP contribution in [0.25, 0.3) is 0 Å². The predicted octanol–water partition coefficient (Wildman–Crippen LogP) is 1.38. The predicted molar refractivity (Wildman–Crippen MR) is 55.8 cm³/mol. The van der Waals surface area contributed by atoms with Gasteiger partial charge in [-0.2, -0.15) is 0 Å². The number of allylic oxidation sites excluding steroid dienone is 1. The summed E-state index contributed by atoms with van der Waals surface area (Å²) in [5.41, 5.74) is 3.93. The Morgan fingerprint density at radius 1 is 1.27 bits per heavy atom. The van der Waals surface area contributed by atoms with Crippen molar-refractivity contribution < 1.29 is 0 Å². The first kappa shape index (κ1) is 10.9. The molecule has 0 bridgehead atoms. The Balaban J connectivity index is 3.43. The van der Waals surface area contributed by atoms with Crippen molar-refractivity contribution >= 4 is 9.52 Å².